The monoisotopic (exact) mass is 1150 g/mol. The summed E-state index contributed by atoms with van der Waals surface area (Å²) in [5.41, 5.74) is -1.41. The summed E-state index contributed by atoms with van der Waals surface area (Å²) in [6.45, 7) is 3.83. The van der Waals surface area contributed by atoms with Crippen LogP contribution in [0.1, 0.15) is 65.0 Å². The average molecular weight is 1150 g/mol. The third-order valence-electron chi connectivity index (χ3n) is 10.3. The fourth-order valence-electron chi connectivity index (χ4n) is 6.94. The summed E-state index contributed by atoms with van der Waals surface area (Å²) >= 11 is 6.28. The van der Waals surface area contributed by atoms with Gasteiger partial charge in [-0.3, -0.25) is 9.36 Å². The molecule has 6 aromatic heterocycles. The minimum Gasteiger partial charge on any atom is -0.481 e. The molecule has 6 heterocycles. The summed E-state index contributed by atoms with van der Waals surface area (Å²) < 4.78 is 127. The molecule has 8 rings (SSSR count). The number of aromatic nitrogens is 10. The minimum absolute atomic E-state index is 0.00352. The van der Waals surface area contributed by atoms with E-state index in [0.29, 0.717) is 33.7 Å². The normalized spacial score (nSPS) is 12.1. The number of nitrogens with zero attached hydrogens (tertiary/aromatic N) is 12. The Kier molecular flexibility index (Phi) is 16.0. The number of hydrogen-bond donors (Lipinski definition) is 1. The van der Waals surface area contributed by atoms with Crippen LogP contribution in [-0.4, -0.2) is 64.0 Å². The second kappa shape index (κ2) is 22.0. The number of nitro groups is 2. The summed E-state index contributed by atoms with van der Waals surface area (Å²) in [4.78, 5) is 28.4. The molecule has 0 bridgehead atoms. The smallest absolute Gasteiger partial charge is 0.435 e. The molecule has 0 aliphatic carbocycles. The molecule has 29 heteroatoms. The standard InChI is InChI=1S/C22H17BrF4N6O4.C22H17BrF4N6O3/c1-2-31-10-13(8-29-31)20(34)17-7-19(22(25,26)27)30-32(17)16-4-3-15(24)5-12(16)11-37-18-6-14(23)9-28-21(18)33(35)36;1-2-31-11-13(9-29-31)5-17-8-20(22(25,26)27)30-32(17)18-4-3-16(24)6-14(18)12-36-19-7-15(23)10-28-21(19)33(34)35/h3-10,20,34H,2,11H2,1H3;3-4,6-11H,2,5,12H2,1H3. The molecule has 0 saturated heterocycles. The summed E-state index contributed by atoms with van der Waals surface area (Å²) in [6, 6.07) is 10.8. The van der Waals surface area contributed by atoms with Crippen molar-refractivity contribution in [2.45, 2.75) is 65.0 Å². The molecule has 0 saturated carbocycles. The van der Waals surface area contributed by atoms with Crippen LogP contribution in [0.15, 0.2) is 107 Å². The molecule has 0 amide bonds. The lowest BCUT2D eigenvalue weighted by atomic mass is 10.1. The fraction of sp³-hybridized carbons (Fsp3) is 0.227. The Morgan fingerprint density at radius 3 is 1.63 bits per heavy atom. The van der Waals surface area contributed by atoms with Crippen LogP contribution >= 0.6 is 31.9 Å². The number of aliphatic hydroxyl groups is 1. The van der Waals surface area contributed by atoms with Gasteiger partial charge >= 0.3 is 24.0 Å². The fourth-order valence-corrected chi connectivity index (χ4v) is 7.56. The van der Waals surface area contributed by atoms with Crippen LogP contribution in [0.4, 0.5) is 46.8 Å². The maximum absolute atomic E-state index is 14.2. The molecule has 1 N–H and O–H groups in total. The Labute approximate surface area is 422 Å². The van der Waals surface area contributed by atoms with E-state index < -0.39 is 76.2 Å². The van der Waals surface area contributed by atoms with Crippen LogP contribution in [0, 0.1) is 31.9 Å². The number of alkyl halides is 6. The van der Waals surface area contributed by atoms with Gasteiger partial charge in [0, 0.05) is 66.4 Å². The lowest BCUT2D eigenvalue weighted by Gasteiger charge is -2.16. The maximum atomic E-state index is 14.2. The molecule has 1 unspecified atom stereocenters. The SMILES string of the molecule is CCn1cc(C(O)c2cc(C(F)(F)F)nn2-c2ccc(F)cc2COc2cc(Br)cnc2[N+](=O)[O-])cn1.CCn1cc(Cc2cc(C(F)(F)F)nn2-c2ccc(F)cc2COc2cc(Br)cnc2[N+](=O)[O-])cn1. The van der Waals surface area contributed by atoms with Crippen LogP contribution < -0.4 is 9.47 Å². The van der Waals surface area contributed by atoms with E-state index in [1.807, 2.05) is 6.92 Å². The molecular formula is C44H34Br2F8N12O7. The molecule has 0 aliphatic rings. The first kappa shape index (κ1) is 53.1. The summed E-state index contributed by atoms with van der Waals surface area (Å²) in [6.07, 6.45) is -2.60. The topological polar surface area (TPSA) is 222 Å². The highest BCUT2D eigenvalue weighted by Crippen LogP contribution is 2.36. The van der Waals surface area contributed by atoms with Crippen molar-refractivity contribution in [2.24, 2.45) is 0 Å². The van der Waals surface area contributed by atoms with Gasteiger partial charge in [0.2, 0.25) is 11.5 Å². The maximum Gasteiger partial charge on any atom is 0.435 e. The van der Waals surface area contributed by atoms with E-state index in [0.717, 1.165) is 39.7 Å². The molecule has 2 aromatic carbocycles. The summed E-state index contributed by atoms with van der Waals surface area (Å²) in [7, 11) is 0. The van der Waals surface area contributed by atoms with E-state index in [4.69, 9.17) is 9.47 Å². The van der Waals surface area contributed by atoms with E-state index in [-0.39, 0.29) is 57.4 Å². The number of benzene rings is 2. The van der Waals surface area contributed by atoms with E-state index in [1.54, 1.807) is 24.0 Å². The van der Waals surface area contributed by atoms with Crippen molar-refractivity contribution in [1.82, 2.24) is 49.1 Å². The molecule has 382 valence electrons. The lowest BCUT2D eigenvalue weighted by Crippen LogP contribution is -2.13. The number of pyridine rings is 2. The Balaban J connectivity index is 0.000000214. The highest BCUT2D eigenvalue weighted by atomic mass is 79.9. The van der Waals surface area contributed by atoms with Gasteiger partial charge in [0.05, 0.1) is 38.4 Å². The van der Waals surface area contributed by atoms with E-state index in [2.05, 4.69) is 62.2 Å². The third-order valence-corrected chi connectivity index (χ3v) is 11.2. The zero-order chi connectivity index (χ0) is 52.9. The molecule has 0 aliphatic heterocycles. The Bertz CT molecular complexity index is 3310. The summed E-state index contributed by atoms with van der Waals surface area (Å²) in [5.74, 6) is -3.04. The van der Waals surface area contributed by atoms with E-state index in [9.17, 15) is 60.5 Å². The van der Waals surface area contributed by atoms with Crippen LogP contribution in [0.5, 0.6) is 11.5 Å². The van der Waals surface area contributed by atoms with Crippen LogP contribution in [-0.2, 0) is 45.1 Å². The lowest BCUT2D eigenvalue weighted by molar-refractivity contribution is -0.390. The van der Waals surface area contributed by atoms with Gasteiger partial charge in [-0.15, -0.1) is 0 Å². The summed E-state index contributed by atoms with van der Waals surface area (Å²) in [5, 5.41) is 49.0. The van der Waals surface area contributed by atoms with Gasteiger partial charge in [0.15, 0.2) is 23.8 Å². The predicted molar refractivity (Wildman–Crippen MR) is 246 cm³/mol. The molecule has 73 heavy (non-hydrogen) atoms. The van der Waals surface area contributed by atoms with Crippen molar-refractivity contribution >= 4 is 43.5 Å². The van der Waals surface area contributed by atoms with Gasteiger partial charge in [0.25, 0.3) is 0 Å². The van der Waals surface area contributed by atoms with Crippen LogP contribution in [0.3, 0.4) is 0 Å². The number of halogens is 10. The molecule has 0 radical (unpaired) electrons. The highest BCUT2D eigenvalue weighted by molar-refractivity contribution is 9.10. The van der Waals surface area contributed by atoms with Crippen molar-refractivity contribution in [3.8, 4) is 22.9 Å². The molecule has 0 fully saturated rings. The van der Waals surface area contributed by atoms with Gasteiger partial charge in [0.1, 0.15) is 31.0 Å². The van der Waals surface area contributed by atoms with Crippen LogP contribution in [0.25, 0.3) is 11.4 Å². The van der Waals surface area contributed by atoms with Gasteiger partial charge in [-0.25, -0.2) is 18.1 Å². The molecule has 8 aromatic rings. The molecular weight excluding hydrogens is 1120 g/mol. The van der Waals surface area contributed by atoms with Crippen molar-refractivity contribution in [1.29, 1.82) is 0 Å². The van der Waals surface area contributed by atoms with Gasteiger partial charge in [-0.1, -0.05) is 0 Å². The van der Waals surface area contributed by atoms with Gasteiger partial charge < -0.3 is 34.8 Å². The Morgan fingerprint density at radius 1 is 0.671 bits per heavy atom. The first-order valence-electron chi connectivity index (χ1n) is 21.0. The Morgan fingerprint density at radius 2 is 1.15 bits per heavy atom. The second-order valence-electron chi connectivity index (χ2n) is 15.3. The third kappa shape index (κ3) is 12.7. The van der Waals surface area contributed by atoms with Crippen molar-refractivity contribution in [3.63, 3.8) is 0 Å². The van der Waals surface area contributed by atoms with Crippen molar-refractivity contribution in [3.05, 3.63) is 184 Å². The number of aliphatic hydroxyl groups excluding tert-OH is 1. The van der Waals surface area contributed by atoms with Crippen LogP contribution in [0.2, 0.25) is 0 Å². The predicted octanol–water partition coefficient (Wildman–Crippen LogP) is 10.5. The average Bonchev–Trinajstić information content (AvgIpc) is 4.17. The molecule has 0 spiro atoms. The Hall–Kier alpha value is -7.66. The van der Waals surface area contributed by atoms with Crippen molar-refractivity contribution in [2.75, 3.05) is 0 Å². The molecule has 19 nitrogen and oxygen atoms in total. The number of ether oxygens (including phenoxy) is 2. The highest BCUT2D eigenvalue weighted by Gasteiger charge is 2.38. The quantitative estimate of drug-likeness (QED) is 0.0541. The van der Waals surface area contributed by atoms with E-state index >= 15 is 0 Å². The van der Waals surface area contributed by atoms with Gasteiger partial charge in [-0.2, -0.15) is 46.7 Å². The number of hydrogen-bond acceptors (Lipinski definition) is 13. The zero-order valence-electron chi connectivity index (χ0n) is 37.4. The molecule has 1 atom stereocenters. The largest absolute Gasteiger partial charge is 0.481 e. The van der Waals surface area contributed by atoms with Crippen molar-refractivity contribution < 1.29 is 59.6 Å². The number of aryl methyl sites for hydroxylation is 2. The van der Waals surface area contributed by atoms with Gasteiger partial charge in [-0.05, 0) is 120 Å². The first-order valence-corrected chi connectivity index (χ1v) is 22.6. The number of rotatable bonds is 16. The van der Waals surface area contributed by atoms with E-state index in [1.165, 1.54) is 53.7 Å². The first-order chi connectivity index (χ1) is 34.5. The zero-order valence-corrected chi connectivity index (χ0v) is 40.6. The second-order valence-corrected chi connectivity index (χ2v) is 17.1. The minimum atomic E-state index is -4.84.